The fourth-order valence-electron chi connectivity index (χ4n) is 1.19. The fourth-order valence-corrected chi connectivity index (χ4v) is 1.67. The molecule has 2 aromatic rings. The molecular weight excluding hydrogens is 209 g/mol. The molecule has 5 heteroatoms. The molecule has 2 rings (SSSR count). The number of halogens is 2. The molecule has 0 unspecified atom stereocenters. The number of aryl methyl sites for hydroxylation is 1. The molecule has 1 N–H and O–H groups in total. The summed E-state index contributed by atoms with van der Waals surface area (Å²) >= 11 is 11.7. The number of hydrogen-bond donors (Lipinski definition) is 1. The van der Waals surface area contributed by atoms with Crippen molar-refractivity contribution in [2.75, 3.05) is 5.88 Å². The van der Waals surface area contributed by atoms with Crippen molar-refractivity contribution in [2.24, 2.45) is 0 Å². The van der Waals surface area contributed by atoms with E-state index >= 15 is 0 Å². The van der Waals surface area contributed by atoms with E-state index in [0.29, 0.717) is 16.5 Å². The van der Waals surface area contributed by atoms with Crippen molar-refractivity contribution in [1.29, 1.82) is 0 Å². The Bertz CT molecular complexity index is 424. The Morgan fingerprint density at radius 1 is 1.38 bits per heavy atom. The van der Waals surface area contributed by atoms with Crippen molar-refractivity contribution < 1.29 is 0 Å². The number of nitrogens with one attached hydrogen (secondary N) is 1. The Morgan fingerprint density at radius 3 is 3.00 bits per heavy atom. The SMILES string of the molecule is ClCCc1cnc2[nH]ncc2c1Cl. The van der Waals surface area contributed by atoms with Gasteiger partial charge in [0.1, 0.15) is 0 Å². The van der Waals surface area contributed by atoms with E-state index in [1.807, 2.05) is 0 Å². The third-order valence-corrected chi connectivity index (χ3v) is 2.49. The zero-order valence-electron chi connectivity index (χ0n) is 6.72. The maximum atomic E-state index is 6.10. The fraction of sp³-hybridized carbons (Fsp3) is 0.250. The number of fused-ring (bicyclic) bond motifs is 1. The van der Waals surface area contributed by atoms with E-state index in [9.17, 15) is 0 Å². The summed E-state index contributed by atoms with van der Waals surface area (Å²) in [7, 11) is 0. The van der Waals surface area contributed by atoms with E-state index in [-0.39, 0.29) is 0 Å². The van der Waals surface area contributed by atoms with Crippen LogP contribution in [0.1, 0.15) is 5.56 Å². The molecule has 13 heavy (non-hydrogen) atoms. The van der Waals surface area contributed by atoms with Crippen LogP contribution in [0.2, 0.25) is 5.02 Å². The van der Waals surface area contributed by atoms with Crippen LogP contribution in [-0.4, -0.2) is 21.1 Å². The van der Waals surface area contributed by atoms with Crippen LogP contribution in [0.4, 0.5) is 0 Å². The van der Waals surface area contributed by atoms with E-state index in [2.05, 4.69) is 15.2 Å². The molecule has 0 saturated heterocycles. The van der Waals surface area contributed by atoms with Gasteiger partial charge in [0.05, 0.1) is 16.6 Å². The summed E-state index contributed by atoms with van der Waals surface area (Å²) in [5.74, 6) is 0.546. The van der Waals surface area contributed by atoms with Gasteiger partial charge in [0.15, 0.2) is 5.65 Å². The lowest BCUT2D eigenvalue weighted by Crippen LogP contribution is -1.90. The highest BCUT2D eigenvalue weighted by Gasteiger charge is 2.06. The molecule has 2 heterocycles. The van der Waals surface area contributed by atoms with E-state index in [1.165, 1.54) is 0 Å². The first-order valence-corrected chi connectivity index (χ1v) is 4.76. The first-order valence-electron chi connectivity index (χ1n) is 3.85. The van der Waals surface area contributed by atoms with Crippen LogP contribution in [0.3, 0.4) is 0 Å². The lowest BCUT2D eigenvalue weighted by atomic mass is 10.2. The van der Waals surface area contributed by atoms with E-state index in [4.69, 9.17) is 23.2 Å². The van der Waals surface area contributed by atoms with Gasteiger partial charge in [-0.3, -0.25) is 5.10 Å². The minimum absolute atomic E-state index is 0.546. The number of H-pyrrole nitrogens is 1. The van der Waals surface area contributed by atoms with Crippen LogP contribution in [-0.2, 0) is 6.42 Å². The zero-order valence-corrected chi connectivity index (χ0v) is 8.23. The van der Waals surface area contributed by atoms with Crippen LogP contribution in [0.25, 0.3) is 11.0 Å². The van der Waals surface area contributed by atoms with Crippen LogP contribution in [0.15, 0.2) is 12.4 Å². The molecule has 0 aromatic carbocycles. The molecule has 0 amide bonds. The molecule has 0 radical (unpaired) electrons. The molecule has 0 aliphatic rings. The lowest BCUT2D eigenvalue weighted by molar-refractivity contribution is 1.08. The first kappa shape index (κ1) is 8.78. The third-order valence-electron chi connectivity index (χ3n) is 1.85. The maximum Gasteiger partial charge on any atom is 0.156 e. The summed E-state index contributed by atoms with van der Waals surface area (Å²) < 4.78 is 0. The van der Waals surface area contributed by atoms with Gasteiger partial charge in [-0.1, -0.05) is 11.6 Å². The van der Waals surface area contributed by atoms with Gasteiger partial charge in [0.25, 0.3) is 0 Å². The second kappa shape index (κ2) is 3.52. The predicted octanol–water partition coefficient (Wildman–Crippen LogP) is 2.39. The number of aromatic amines is 1. The summed E-state index contributed by atoms with van der Waals surface area (Å²) in [4.78, 5) is 4.16. The molecule has 68 valence electrons. The highest BCUT2D eigenvalue weighted by molar-refractivity contribution is 6.36. The van der Waals surface area contributed by atoms with Crippen molar-refractivity contribution in [3.05, 3.63) is 23.0 Å². The average Bonchev–Trinajstić information content (AvgIpc) is 2.58. The van der Waals surface area contributed by atoms with Crippen molar-refractivity contribution in [3.8, 4) is 0 Å². The number of alkyl halides is 1. The van der Waals surface area contributed by atoms with Gasteiger partial charge in [-0.05, 0) is 12.0 Å². The monoisotopic (exact) mass is 215 g/mol. The standard InChI is InChI=1S/C8H7Cl2N3/c9-2-1-5-3-11-8-6(7(5)10)4-12-13-8/h3-4H,1-2H2,(H,11,12,13). The van der Waals surface area contributed by atoms with E-state index < -0.39 is 0 Å². The van der Waals surface area contributed by atoms with Crippen molar-refractivity contribution in [3.63, 3.8) is 0 Å². The Labute approximate surface area is 85.1 Å². The Hall–Kier alpha value is -0.800. The normalized spacial score (nSPS) is 10.9. The second-order valence-electron chi connectivity index (χ2n) is 2.67. The molecule has 0 bridgehead atoms. The molecule has 2 aromatic heterocycles. The highest BCUT2D eigenvalue weighted by atomic mass is 35.5. The number of pyridine rings is 1. The summed E-state index contributed by atoms with van der Waals surface area (Å²) in [5, 5.41) is 8.15. The van der Waals surface area contributed by atoms with Crippen molar-refractivity contribution in [1.82, 2.24) is 15.2 Å². The Morgan fingerprint density at radius 2 is 2.23 bits per heavy atom. The molecule has 0 fully saturated rings. The van der Waals surface area contributed by atoms with Crippen LogP contribution in [0.5, 0.6) is 0 Å². The summed E-state index contributed by atoms with van der Waals surface area (Å²) in [6, 6.07) is 0. The van der Waals surface area contributed by atoms with E-state index in [1.54, 1.807) is 12.4 Å². The largest absolute Gasteiger partial charge is 0.261 e. The Kier molecular flexibility index (Phi) is 2.38. The highest BCUT2D eigenvalue weighted by Crippen LogP contribution is 2.24. The lowest BCUT2D eigenvalue weighted by Gasteiger charge is -2.00. The van der Waals surface area contributed by atoms with Gasteiger partial charge < -0.3 is 0 Å². The molecular formula is C8H7Cl2N3. The topological polar surface area (TPSA) is 41.6 Å². The summed E-state index contributed by atoms with van der Waals surface area (Å²) in [6.45, 7) is 0. The van der Waals surface area contributed by atoms with Gasteiger partial charge in [0, 0.05) is 12.1 Å². The molecule has 0 spiro atoms. The van der Waals surface area contributed by atoms with Crippen LogP contribution in [0, 0.1) is 0 Å². The molecule has 0 aliphatic heterocycles. The minimum atomic E-state index is 0.546. The predicted molar refractivity (Wildman–Crippen MR) is 53.3 cm³/mol. The number of nitrogens with zero attached hydrogens (tertiary/aromatic N) is 2. The number of aromatic nitrogens is 3. The van der Waals surface area contributed by atoms with Gasteiger partial charge in [-0.25, -0.2) is 4.98 Å². The smallest absolute Gasteiger partial charge is 0.156 e. The quantitative estimate of drug-likeness (QED) is 0.783. The van der Waals surface area contributed by atoms with Gasteiger partial charge in [-0.15, -0.1) is 11.6 Å². The molecule has 0 aliphatic carbocycles. The Balaban J connectivity index is 2.59. The van der Waals surface area contributed by atoms with Gasteiger partial charge in [-0.2, -0.15) is 5.10 Å². The van der Waals surface area contributed by atoms with Crippen LogP contribution < -0.4 is 0 Å². The summed E-state index contributed by atoms with van der Waals surface area (Å²) in [5.41, 5.74) is 1.67. The summed E-state index contributed by atoms with van der Waals surface area (Å²) in [6.07, 6.45) is 4.13. The number of rotatable bonds is 2. The molecule has 0 atom stereocenters. The van der Waals surface area contributed by atoms with Crippen molar-refractivity contribution >= 4 is 34.2 Å². The molecule has 0 saturated carbocycles. The van der Waals surface area contributed by atoms with Gasteiger partial charge in [0.2, 0.25) is 0 Å². The molecule has 3 nitrogen and oxygen atoms in total. The minimum Gasteiger partial charge on any atom is -0.261 e. The average molecular weight is 216 g/mol. The zero-order chi connectivity index (χ0) is 9.26. The van der Waals surface area contributed by atoms with Gasteiger partial charge >= 0.3 is 0 Å². The van der Waals surface area contributed by atoms with Crippen molar-refractivity contribution in [2.45, 2.75) is 6.42 Å². The maximum absolute atomic E-state index is 6.10. The van der Waals surface area contributed by atoms with E-state index in [0.717, 1.165) is 17.4 Å². The van der Waals surface area contributed by atoms with Crippen LogP contribution >= 0.6 is 23.2 Å². The third kappa shape index (κ3) is 1.49. The first-order chi connectivity index (χ1) is 6.33. The second-order valence-corrected chi connectivity index (χ2v) is 3.42. The number of hydrogen-bond acceptors (Lipinski definition) is 2.